The van der Waals surface area contributed by atoms with E-state index in [9.17, 15) is 4.79 Å². The minimum atomic E-state index is -0.108. The van der Waals surface area contributed by atoms with Gasteiger partial charge in [-0.2, -0.15) is 0 Å². The monoisotopic (exact) mass is 321 g/mol. The molecule has 0 aliphatic rings. The standard InChI is InChI=1S/C20H23N3O/c1-5-6-16-19(23-10-9-14(3)12-18(23)21-16)20(24)22-17-11-13(2)7-8-15(17)4/h7-12H,5-6H2,1-4H3,(H,22,24). The molecular formula is C20H23N3O. The zero-order valence-electron chi connectivity index (χ0n) is 14.7. The van der Waals surface area contributed by atoms with Crippen LogP contribution in [0.4, 0.5) is 5.69 Å². The van der Waals surface area contributed by atoms with Gasteiger partial charge in [0.25, 0.3) is 5.91 Å². The minimum absolute atomic E-state index is 0.108. The molecule has 3 aromatic rings. The van der Waals surface area contributed by atoms with Crippen LogP contribution in [0.25, 0.3) is 5.65 Å². The molecule has 0 fully saturated rings. The van der Waals surface area contributed by atoms with Crippen molar-refractivity contribution in [2.75, 3.05) is 5.32 Å². The number of carbonyl (C=O) groups is 1. The minimum Gasteiger partial charge on any atom is -0.320 e. The number of imidazole rings is 1. The van der Waals surface area contributed by atoms with E-state index in [-0.39, 0.29) is 5.91 Å². The fourth-order valence-electron chi connectivity index (χ4n) is 2.90. The lowest BCUT2D eigenvalue weighted by molar-refractivity contribution is 0.102. The molecule has 0 atom stereocenters. The van der Waals surface area contributed by atoms with Gasteiger partial charge in [0.05, 0.1) is 5.69 Å². The number of anilines is 1. The van der Waals surface area contributed by atoms with E-state index in [1.54, 1.807) is 0 Å². The van der Waals surface area contributed by atoms with E-state index in [1.165, 1.54) is 0 Å². The number of fused-ring (bicyclic) bond motifs is 1. The average Bonchev–Trinajstić information content (AvgIpc) is 2.88. The topological polar surface area (TPSA) is 46.4 Å². The molecule has 1 aromatic carbocycles. The summed E-state index contributed by atoms with van der Waals surface area (Å²) in [5.74, 6) is -0.108. The first-order valence-corrected chi connectivity index (χ1v) is 8.35. The molecule has 2 heterocycles. The highest BCUT2D eigenvalue weighted by atomic mass is 16.2. The quantitative estimate of drug-likeness (QED) is 0.771. The molecule has 1 amide bonds. The molecule has 0 aliphatic heterocycles. The van der Waals surface area contributed by atoms with Crippen molar-refractivity contribution in [2.24, 2.45) is 0 Å². The Morgan fingerprint density at radius 1 is 1.12 bits per heavy atom. The first-order valence-electron chi connectivity index (χ1n) is 8.35. The molecule has 4 nitrogen and oxygen atoms in total. The first kappa shape index (κ1) is 16.2. The number of carbonyl (C=O) groups excluding carboxylic acids is 1. The van der Waals surface area contributed by atoms with Crippen LogP contribution in [-0.4, -0.2) is 15.3 Å². The Bertz CT molecular complexity index is 909. The van der Waals surface area contributed by atoms with Crippen LogP contribution in [0, 0.1) is 20.8 Å². The zero-order chi connectivity index (χ0) is 17.3. The van der Waals surface area contributed by atoms with Gasteiger partial charge in [-0.1, -0.05) is 25.5 Å². The summed E-state index contributed by atoms with van der Waals surface area (Å²) in [4.78, 5) is 17.6. The van der Waals surface area contributed by atoms with E-state index in [0.717, 1.165) is 46.6 Å². The van der Waals surface area contributed by atoms with Gasteiger partial charge in [0.1, 0.15) is 11.3 Å². The summed E-state index contributed by atoms with van der Waals surface area (Å²) in [7, 11) is 0. The fraction of sp³-hybridized carbons (Fsp3) is 0.300. The lowest BCUT2D eigenvalue weighted by Gasteiger charge is -2.10. The highest BCUT2D eigenvalue weighted by Gasteiger charge is 2.19. The lowest BCUT2D eigenvalue weighted by atomic mass is 10.1. The molecule has 0 radical (unpaired) electrons. The van der Waals surface area contributed by atoms with Crippen LogP contribution in [0.1, 0.15) is 46.2 Å². The summed E-state index contributed by atoms with van der Waals surface area (Å²) in [6.07, 6.45) is 3.66. The van der Waals surface area contributed by atoms with E-state index in [1.807, 2.05) is 61.7 Å². The van der Waals surface area contributed by atoms with Gasteiger partial charge in [-0.15, -0.1) is 0 Å². The second-order valence-corrected chi connectivity index (χ2v) is 6.36. The molecule has 0 saturated heterocycles. The molecule has 0 unspecified atom stereocenters. The van der Waals surface area contributed by atoms with Gasteiger partial charge < -0.3 is 5.32 Å². The number of nitrogens with zero attached hydrogens (tertiary/aromatic N) is 2. The van der Waals surface area contributed by atoms with Crippen molar-refractivity contribution >= 4 is 17.2 Å². The number of pyridine rings is 1. The molecular weight excluding hydrogens is 298 g/mol. The Hall–Kier alpha value is -2.62. The molecule has 0 aliphatic carbocycles. The third kappa shape index (κ3) is 3.04. The highest BCUT2D eigenvalue weighted by Crippen LogP contribution is 2.20. The second kappa shape index (κ2) is 6.48. The molecule has 2 aromatic heterocycles. The van der Waals surface area contributed by atoms with Gasteiger partial charge in [0.15, 0.2) is 0 Å². The molecule has 0 saturated carbocycles. The van der Waals surface area contributed by atoms with Gasteiger partial charge in [-0.25, -0.2) is 4.98 Å². The van der Waals surface area contributed by atoms with Crippen LogP contribution >= 0.6 is 0 Å². The van der Waals surface area contributed by atoms with Crippen LogP contribution in [0.3, 0.4) is 0 Å². The normalized spacial score (nSPS) is 11.0. The van der Waals surface area contributed by atoms with Crippen LogP contribution < -0.4 is 5.32 Å². The van der Waals surface area contributed by atoms with E-state index in [0.29, 0.717) is 5.69 Å². The van der Waals surface area contributed by atoms with Crippen LogP contribution in [0.2, 0.25) is 0 Å². The largest absolute Gasteiger partial charge is 0.320 e. The Morgan fingerprint density at radius 3 is 2.62 bits per heavy atom. The number of amides is 1. The number of nitrogens with one attached hydrogen (secondary N) is 1. The third-order valence-corrected chi connectivity index (χ3v) is 4.20. The van der Waals surface area contributed by atoms with Crippen molar-refractivity contribution < 1.29 is 4.79 Å². The van der Waals surface area contributed by atoms with E-state index >= 15 is 0 Å². The summed E-state index contributed by atoms with van der Waals surface area (Å²) in [5, 5.41) is 3.06. The maximum Gasteiger partial charge on any atom is 0.274 e. The summed E-state index contributed by atoms with van der Waals surface area (Å²) in [6.45, 7) is 8.15. The number of rotatable bonds is 4. The van der Waals surface area contributed by atoms with Crippen molar-refractivity contribution in [3.63, 3.8) is 0 Å². The van der Waals surface area contributed by atoms with Gasteiger partial charge in [0, 0.05) is 11.9 Å². The third-order valence-electron chi connectivity index (χ3n) is 4.20. The van der Waals surface area contributed by atoms with Crippen molar-refractivity contribution in [3.8, 4) is 0 Å². The second-order valence-electron chi connectivity index (χ2n) is 6.36. The number of aryl methyl sites for hydroxylation is 4. The average molecular weight is 321 g/mol. The van der Waals surface area contributed by atoms with E-state index in [2.05, 4.69) is 17.2 Å². The predicted octanol–water partition coefficient (Wildman–Crippen LogP) is 4.46. The van der Waals surface area contributed by atoms with Crippen LogP contribution in [-0.2, 0) is 6.42 Å². The van der Waals surface area contributed by atoms with Crippen molar-refractivity contribution in [1.82, 2.24) is 9.38 Å². The maximum atomic E-state index is 13.0. The molecule has 124 valence electrons. The lowest BCUT2D eigenvalue weighted by Crippen LogP contribution is -2.17. The Labute approximate surface area is 142 Å². The summed E-state index contributed by atoms with van der Waals surface area (Å²) < 4.78 is 1.89. The van der Waals surface area contributed by atoms with Gasteiger partial charge in [-0.05, 0) is 62.1 Å². The Balaban J connectivity index is 2.05. The zero-order valence-corrected chi connectivity index (χ0v) is 14.7. The van der Waals surface area contributed by atoms with E-state index in [4.69, 9.17) is 0 Å². The Kier molecular flexibility index (Phi) is 4.38. The van der Waals surface area contributed by atoms with Gasteiger partial charge >= 0.3 is 0 Å². The number of hydrogen-bond acceptors (Lipinski definition) is 2. The maximum absolute atomic E-state index is 13.0. The predicted molar refractivity (Wildman–Crippen MR) is 97.8 cm³/mol. The molecule has 0 bridgehead atoms. The van der Waals surface area contributed by atoms with Crippen molar-refractivity contribution in [1.29, 1.82) is 0 Å². The fourth-order valence-corrected chi connectivity index (χ4v) is 2.90. The van der Waals surface area contributed by atoms with Crippen LogP contribution in [0.15, 0.2) is 36.5 Å². The number of aromatic nitrogens is 2. The highest BCUT2D eigenvalue weighted by molar-refractivity contribution is 6.05. The number of benzene rings is 1. The molecule has 24 heavy (non-hydrogen) atoms. The molecule has 4 heteroatoms. The smallest absolute Gasteiger partial charge is 0.274 e. The SMILES string of the molecule is CCCc1nc2cc(C)ccn2c1C(=O)Nc1cc(C)ccc1C. The summed E-state index contributed by atoms with van der Waals surface area (Å²) >= 11 is 0. The van der Waals surface area contributed by atoms with Crippen LogP contribution in [0.5, 0.6) is 0 Å². The number of hydrogen-bond donors (Lipinski definition) is 1. The van der Waals surface area contributed by atoms with Gasteiger partial charge in [-0.3, -0.25) is 9.20 Å². The Morgan fingerprint density at radius 2 is 1.88 bits per heavy atom. The van der Waals surface area contributed by atoms with Crippen molar-refractivity contribution in [3.05, 3.63) is 64.6 Å². The molecule has 3 rings (SSSR count). The summed E-state index contributed by atoms with van der Waals surface area (Å²) in [6, 6.07) is 10.1. The van der Waals surface area contributed by atoms with E-state index < -0.39 is 0 Å². The first-order chi connectivity index (χ1) is 11.5. The molecule has 0 spiro atoms. The summed E-state index contributed by atoms with van der Waals surface area (Å²) in [5.41, 5.74) is 6.47. The molecule has 1 N–H and O–H groups in total. The van der Waals surface area contributed by atoms with Crippen molar-refractivity contribution in [2.45, 2.75) is 40.5 Å². The van der Waals surface area contributed by atoms with Gasteiger partial charge in [0.2, 0.25) is 0 Å².